The van der Waals surface area contributed by atoms with E-state index in [-0.39, 0.29) is 0 Å². The van der Waals surface area contributed by atoms with Crippen molar-refractivity contribution in [2.45, 2.75) is 31.1 Å². The van der Waals surface area contributed by atoms with Crippen LogP contribution in [0.4, 0.5) is 0 Å². The molecule has 1 unspecified atom stereocenters. The maximum atomic E-state index is 11.6. The van der Waals surface area contributed by atoms with E-state index in [9.17, 15) is 13.5 Å². The van der Waals surface area contributed by atoms with Crippen molar-refractivity contribution in [3.05, 3.63) is 35.9 Å². The Labute approximate surface area is 115 Å². The van der Waals surface area contributed by atoms with E-state index < -0.39 is 20.2 Å². The molecule has 1 atom stereocenters. The Morgan fingerprint density at radius 1 is 1.11 bits per heavy atom. The zero-order chi connectivity index (χ0) is 14.7. The summed E-state index contributed by atoms with van der Waals surface area (Å²) in [7, 11) is -3.13. The van der Waals surface area contributed by atoms with Crippen molar-refractivity contribution < 1.29 is 13.5 Å². The quantitative estimate of drug-likeness (QED) is 0.827. The minimum atomic E-state index is -3.13. The summed E-state index contributed by atoms with van der Waals surface area (Å²) in [5.74, 6) is 0. The van der Waals surface area contributed by atoms with Gasteiger partial charge in [0.2, 0.25) is 0 Å². The Bertz CT molecular complexity index is 507. The Morgan fingerprint density at radius 2 is 1.63 bits per heavy atom. The zero-order valence-electron chi connectivity index (χ0n) is 12.0. The number of hydrogen-bond acceptors (Lipinski definition) is 4. The molecule has 0 aromatic heterocycles. The van der Waals surface area contributed by atoms with Crippen molar-refractivity contribution >= 4 is 9.84 Å². The Morgan fingerprint density at radius 3 is 2.11 bits per heavy atom. The van der Waals surface area contributed by atoms with Gasteiger partial charge in [-0.15, -0.1) is 0 Å². The maximum absolute atomic E-state index is 11.6. The Balaban J connectivity index is 2.63. The van der Waals surface area contributed by atoms with E-state index in [1.54, 1.807) is 20.8 Å². The van der Waals surface area contributed by atoms with Gasteiger partial charge < -0.3 is 10.4 Å². The van der Waals surface area contributed by atoms with Crippen molar-refractivity contribution in [2.75, 3.05) is 19.3 Å². The molecule has 0 aliphatic rings. The summed E-state index contributed by atoms with van der Waals surface area (Å²) >= 11 is 0. The fraction of sp³-hybridized carbons (Fsp3) is 0.571. The standard InChI is InChI=1S/C14H23NO3S/c1-13(2,19(4,17)18)10-15-11-14(3,16)12-8-6-5-7-9-12/h5-9,15-16H,10-11H2,1-4H3. The summed E-state index contributed by atoms with van der Waals surface area (Å²) in [5.41, 5.74) is -0.214. The molecule has 0 bridgehead atoms. The van der Waals surface area contributed by atoms with Crippen molar-refractivity contribution in [1.29, 1.82) is 0 Å². The van der Waals surface area contributed by atoms with E-state index in [0.717, 1.165) is 5.56 Å². The SMILES string of the molecule is CC(O)(CNCC(C)(C)S(C)(=O)=O)c1ccccc1. The third kappa shape index (κ3) is 4.30. The molecule has 0 saturated carbocycles. The summed E-state index contributed by atoms with van der Waals surface area (Å²) < 4.78 is 22.3. The Kier molecular flexibility index (Phi) is 4.76. The lowest BCUT2D eigenvalue weighted by Gasteiger charge is -2.28. The molecule has 19 heavy (non-hydrogen) atoms. The van der Waals surface area contributed by atoms with Gasteiger partial charge >= 0.3 is 0 Å². The predicted octanol–water partition coefficient (Wildman–Crippen LogP) is 1.31. The van der Waals surface area contributed by atoms with Crippen molar-refractivity contribution in [3.63, 3.8) is 0 Å². The number of nitrogens with one attached hydrogen (secondary N) is 1. The predicted molar refractivity (Wildman–Crippen MR) is 77.8 cm³/mol. The van der Waals surface area contributed by atoms with Crippen LogP contribution in [0, 0.1) is 0 Å². The largest absolute Gasteiger partial charge is 0.384 e. The lowest BCUT2D eigenvalue weighted by Crippen LogP contribution is -2.45. The highest BCUT2D eigenvalue weighted by atomic mass is 32.2. The highest BCUT2D eigenvalue weighted by Crippen LogP contribution is 2.20. The molecule has 1 rings (SSSR count). The molecule has 0 fully saturated rings. The van der Waals surface area contributed by atoms with Gasteiger partial charge in [-0.3, -0.25) is 0 Å². The molecule has 1 aromatic rings. The van der Waals surface area contributed by atoms with E-state index in [1.807, 2.05) is 30.3 Å². The molecule has 2 N–H and O–H groups in total. The molecule has 0 aliphatic heterocycles. The highest BCUT2D eigenvalue weighted by Gasteiger charge is 2.31. The van der Waals surface area contributed by atoms with Crippen LogP contribution in [0.25, 0.3) is 0 Å². The molecule has 5 heteroatoms. The smallest absolute Gasteiger partial charge is 0.153 e. The zero-order valence-corrected chi connectivity index (χ0v) is 12.8. The van der Waals surface area contributed by atoms with Crippen LogP contribution >= 0.6 is 0 Å². The molecule has 0 spiro atoms. The lowest BCUT2D eigenvalue weighted by molar-refractivity contribution is 0.0567. The molecular formula is C14H23NO3S. The van der Waals surface area contributed by atoms with Crippen molar-refractivity contribution in [2.24, 2.45) is 0 Å². The van der Waals surface area contributed by atoms with E-state index in [2.05, 4.69) is 5.32 Å². The minimum absolute atomic E-state index is 0.300. The number of aliphatic hydroxyl groups is 1. The maximum Gasteiger partial charge on any atom is 0.153 e. The molecule has 0 amide bonds. The molecule has 108 valence electrons. The summed E-state index contributed by atoms with van der Waals surface area (Å²) in [6, 6.07) is 9.32. The molecule has 0 radical (unpaired) electrons. The van der Waals surface area contributed by atoms with Gasteiger partial charge in [0.1, 0.15) is 0 Å². The van der Waals surface area contributed by atoms with Crippen LogP contribution in [-0.4, -0.2) is 37.6 Å². The second-order valence-corrected chi connectivity index (χ2v) is 8.42. The molecular weight excluding hydrogens is 262 g/mol. The molecule has 0 aliphatic carbocycles. The highest BCUT2D eigenvalue weighted by molar-refractivity contribution is 7.92. The van der Waals surface area contributed by atoms with Gasteiger partial charge in [-0.1, -0.05) is 30.3 Å². The lowest BCUT2D eigenvalue weighted by atomic mass is 9.96. The van der Waals surface area contributed by atoms with E-state index >= 15 is 0 Å². The van der Waals surface area contributed by atoms with Crippen LogP contribution in [0.3, 0.4) is 0 Å². The van der Waals surface area contributed by atoms with Crippen LogP contribution < -0.4 is 5.32 Å². The van der Waals surface area contributed by atoms with Crippen molar-refractivity contribution in [1.82, 2.24) is 5.32 Å². The second-order valence-electron chi connectivity index (χ2n) is 5.78. The van der Waals surface area contributed by atoms with Crippen LogP contribution in [0.5, 0.6) is 0 Å². The van der Waals surface area contributed by atoms with E-state index in [4.69, 9.17) is 0 Å². The van der Waals surface area contributed by atoms with Gasteiger partial charge in [-0.05, 0) is 26.3 Å². The normalized spacial score (nSPS) is 16.1. The minimum Gasteiger partial charge on any atom is -0.384 e. The van der Waals surface area contributed by atoms with Gasteiger partial charge in [-0.2, -0.15) is 0 Å². The Hall–Kier alpha value is -0.910. The third-order valence-corrected chi connectivity index (χ3v) is 5.57. The van der Waals surface area contributed by atoms with Crippen LogP contribution in [0.1, 0.15) is 26.3 Å². The number of rotatable bonds is 6. The number of benzene rings is 1. The molecule has 1 aromatic carbocycles. The van der Waals surface area contributed by atoms with Crippen molar-refractivity contribution in [3.8, 4) is 0 Å². The van der Waals surface area contributed by atoms with Crippen LogP contribution in [0.2, 0.25) is 0 Å². The fourth-order valence-corrected chi connectivity index (χ4v) is 2.00. The first-order chi connectivity index (χ1) is 8.56. The summed E-state index contributed by atoms with van der Waals surface area (Å²) in [6.45, 7) is 5.66. The third-order valence-electron chi connectivity index (χ3n) is 3.42. The first kappa shape index (κ1) is 16.1. The molecule has 0 saturated heterocycles. The van der Waals surface area contributed by atoms with Crippen LogP contribution in [-0.2, 0) is 15.4 Å². The average Bonchev–Trinajstić information content (AvgIpc) is 2.28. The topological polar surface area (TPSA) is 66.4 Å². The summed E-state index contributed by atoms with van der Waals surface area (Å²) in [5, 5.41) is 13.4. The van der Waals surface area contributed by atoms with Gasteiger partial charge in [0.05, 0.1) is 10.3 Å². The molecule has 4 nitrogen and oxygen atoms in total. The van der Waals surface area contributed by atoms with Gasteiger partial charge in [0.15, 0.2) is 9.84 Å². The summed E-state index contributed by atoms with van der Waals surface area (Å²) in [4.78, 5) is 0. The fourth-order valence-electron chi connectivity index (χ4n) is 1.64. The number of sulfone groups is 1. The van der Waals surface area contributed by atoms with Gasteiger partial charge in [0.25, 0.3) is 0 Å². The van der Waals surface area contributed by atoms with Crippen LogP contribution in [0.15, 0.2) is 30.3 Å². The van der Waals surface area contributed by atoms with E-state index in [0.29, 0.717) is 13.1 Å². The second kappa shape index (κ2) is 5.61. The molecule has 0 heterocycles. The monoisotopic (exact) mass is 285 g/mol. The first-order valence-electron chi connectivity index (χ1n) is 6.24. The average molecular weight is 285 g/mol. The van der Waals surface area contributed by atoms with Gasteiger partial charge in [0, 0.05) is 19.3 Å². The van der Waals surface area contributed by atoms with Gasteiger partial charge in [-0.25, -0.2) is 8.42 Å². The number of hydrogen-bond donors (Lipinski definition) is 2. The van der Waals surface area contributed by atoms with E-state index in [1.165, 1.54) is 6.26 Å². The summed E-state index contributed by atoms with van der Waals surface area (Å²) in [6.07, 6.45) is 1.23. The first-order valence-corrected chi connectivity index (χ1v) is 8.14.